The van der Waals surface area contributed by atoms with Gasteiger partial charge in [0.05, 0.1) is 24.5 Å². The smallest absolute Gasteiger partial charge is 0.273 e. The number of nitrogens with zero attached hydrogens (tertiary/aromatic N) is 1. The third-order valence-corrected chi connectivity index (χ3v) is 4.86. The van der Waals surface area contributed by atoms with E-state index in [0.717, 1.165) is 4.90 Å². The summed E-state index contributed by atoms with van der Waals surface area (Å²) in [5, 5.41) is 0.330. The molecule has 0 bridgehead atoms. The van der Waals surface area contributed by atoms with Crippen LogP contribution in [0.2, 0.25) is 5.02 Å². The van der Waals surface area contributed by atoms with Crippen molar-refractivity contribution in [2.75, 3.05) is 13.7 Å². The number of methoxy groups -OCH3 is 1. The van der Waals surface area contributed by atoms with Gasteiger partial charge in [-0.2, -0.15) is 0 Å². The average molecular weight is 392 g/mol. The highest BCUT2D eigenvalue weighted by Crippen LogP contribution is 2.34. The zero-order chi connectivity index (χ0) is 19.6. The summed E-state index contributed by atoms with van der Waals surface area (Å²) in [4.78, 5) is 50.0. The minimum absolute atomic E-state index is 0.135. The lowest BCUT2D eigenvalue weighted by molar-refractivity contribution is -0.143. The van der Waals surface area contributed by atoms with Crippen molar-refractivity contribution in [2.45, 2.75) is 12.8 Å². The van der Waals surface area contributed by atoms with Crippen molar-refractivity contribution in [3.8, 4) is 5.75 Å². The standard InChI is InChI=1S/C18H18ClN3O5/c1-27-14-7-6-10(19)8-13(14)16(24)21-20-15(23)9-22-17(25)11-4-2-3-5-12(11)18(22)26/h2-3,6-8,11-12H,4-5,9H2,1H3,(H,20,23)(H,21,24)/t11-,12+. The normalized spacial score (nSPS) is 21.0. The zero-order valence-corrected chi connectivity index (χ0v) is 15.3. The van der Waals surface area contributed by atoms with Gasteiger partial charge in [-0.05, 0) is 31.0 Å². The number of allylic oxidation sites excluding steroid dienone is 2. The maximum absolute atomic E-state index is 12.3. The maximum Gasteiger partial charge on any atom is 0.273 e. The first-order valence-electron chi connectivity index (χ1n) is 8.35. The highest BCUT2D eigenvalue weighted by Gasteiger charge is 2.47. The second-order valence-corrected chi connectivity index (χ2v) is 6.70. The number of halogens is 1. The molecule has 27 heavy (non-hydrogen) atoms. The molecule has 8 nitrogen and oxygen atoms in total. The van der Waals surface area contributed by atoms with Crippen molar-refractivity contribution in [1.29, 1.82) is 0 Å². The summed E-state index contributed by atoms with van der Waals surface area (Å²) >= 11 is 5.88. The number of imide groups is 1. The largest absolute Gasteiger partial charge is 0.496 e. The number of ether oxygens (including phenoxy) is 1. The maximum atomic E-state index is 12.3. The van der Waals surface area contributed by atoms with E-state index in [1.165, 1.54) is 19.2 Å². The number of benzene rings is 1. The van der Waals surface area contributed by atoms with E-state index < -0.39 is 30.2 Å². The number of fused-ring (bicyclic) bond motifs is 1. The molecule has 0 unspecified atom stereocenters. The van der Waals surface area contributed by atoms with Crippen molar-refractivity contribution in [3.05, 3.63) is 40.9 Å². The van der Waals surface area contributed by atoms with Crippen LogP contribution < -0.4 is 15.6 Å². The van der Waals surface area contributed by atoms with Gasteiger partial charge in [0.2, 0.25) is 11.8 Å². The lowest BCUT2D eigenvalue weighted by atomic mass is 9.85. The predicted molar refractivity (Wildman–Crippen MR) is 95.7 cm³/mol. The number of likely N-dealkylation sites (tertiary alicyclic amines) is 1. The number of nitrogens with one attached hydrogen (secondary N) is 2. The number of amides is 4. The Hall–Kier alpha value is -2.87. The molecule has 1 aromatic carbocycles. The van der Waals surface area contributed by atoms with E-state index in [0.29, 0.717) is 17.9 Å². The van der Waals surface area contributed by atoms with E-state index in [-0.39, 0.29) is 23.1 Å². The molecule has 142 valence electrons. The van der Waals surface area contributed by atoms with Crippen molar-refractivity contribution < 1.29 is 23.9 Å². The van der Waals surface area contributed by atoms with Crippen LogP contribution in [0.25, 0.3) is 0 Å². The Balaban J connectivity index is 1.59. The van der Waals surface area contributed by atoms with Crippen molar-refractivity contribution in [1.82, 2.24) is 15.8 Å². The van der Waals surface area contributed by atoms with Gasteiger partial charge in [-0.1, -0.05) is 23.8 Å². The molecule has 2 aliphatic rings. The van der Waals surface area contributed by atoms with Crippen LogP contribution in [0.5, 0.6) is 5.75 Å². The summed E-state index contributed by atoms with van der Waals surface area (Å²) in [6, 6.07) is 4.48. The van der Waals surface area contributed by atoms with Crippen LogP contribution in [-0.4, -0.2) is 42.2 Å². The van der Waals surface area contributed by atoms with E-state index in [4.69, 9.17) is 16.3 Å². The van der Waals surface area contributed by atoms with Gasteiger partial charge >= 0.3 is 0 Å². The number of rotatable bonds is 4. The van der Waals surface area contributed by atoms with Crippen LogP contribution in [0.1, 0.15) is 23.2 Å². The Labute approximate surface area is 160 Å². The van der Waals surface area contributed by atoms with Gasteiger partial charge in [-0.15, -0.1) is 0 Å². The molecule has 9 heteroatoms. The number of hydrazine groups is 1. The second kappa shape index (κ2) is 7.79. The fraction of sp³-hybridized carbons (Fsp3) is 0.333. The van der Waals surface area contributed by atoms with Gasteiger partial charge in [0.15, 0.2) is 0 Å². The summed E-state index contributed by atoms with van der Waals surface area (Å²) < 4.78 is 5.08. The SMILES string of the molecule is COc1ccc(Cl)cc1C(=O)NNC(=O)CN1C(=O)[C@H]2CC=CC[C@H]2C1=O. The van der Waals surface area contributed by atoms with Gasteiger partial charge in [-0.25, -0.2) is 0 Å². The molecule has 1 aromatic rings. The minimum atomic E-state index is -0.683. The zero-order valence-electron chi connectivity index (χ0n) is 14.5. The van der Waals surface area contributed by atoms with E-state index in [1.54, 1.807) is 6.07 Å². The van der Waals surface area contributed by atoms with Crippen LogP contribution in [-0.2, 0) is 14.4 Å². The minimum Gasteiger partial charge on any atom is -0.496 e. The Morgan fingerprint density at radius 2 is 1.78 bits per heavy atom. The molecule has 2 N–H and O–H groups in total. The summed E-state index contributed by atoms with van der Waals surface area (Å²) in [6.45, 7) is -0.447. The topological polar surface area (TPSA) is 105 Å². The molecule has 1 fully saturated rings. The second-order valence-electron chi connectivity index (χ2n) is 6.27. The molecule has 4 amide bonds. The highest BCUT2D eigenvalue weighted by molar-refractivity contribution is 6.31. The third kappa shape index (κ3) is 3.80. The van der Waals surface area contributed by atoms with Gasteiger partial charge in [0.25, 0.3) is 11.8 Å². The van der Waals surface area contributed by atoms with Crippen LogP contribution in [0.3, 0.4) is 0 Å². The molecule has 0 saturated carbocycles. The third-order valence-electron chi connectivity index (χ3n) is 4.62. The van der Waals surface area contributed by atoms with Crippen molar-refractivity contribution in [2.24, 2.45) is 11.8 Å². The van der Waals surface area contributed by atoms with Crippen LogP contribution >= 0.6 is 11.6 Å². The van der Waals surface area contributed by atoms with Crippen LogP contribution in [0.4, 0.5) is 0 Å². The molecule has 0 aromatic heterocycles. The number of hydrogen-bond donors (Lipinski definition) is 2. The molecular weight excluding hydrogens is 374 g/mol. The molecule has 1 aliphatic heterocycles. The van der Waals surface area contributed by atoms with Gasteiger partial charge in [-0.3, -0.25) is 34.9 Å². The number of hydrogen-bond acceptors (Lipinski definition) is 5. The van der Waals surface area contributed by atoms with Crippen LogP contribution in [0, 0.1) is 11.8 Å². The molecule has 3 rings (SSSR count). The predicted octanol–water partition coefficient (Wildman–Crippen LogP) is 1.06. The van der Waals surface area contributed by atoms with Gasteiger partial charge in [0.1, 0.15) is 12.3 Å². The summed E-state index contributed by atoms with van der Waals surface area (Å²) in [6.07, 6.45) is 4.74. The lowest BCUT2D eigenvalue weighted by Gasteiger charge is -2.15. The molecule has 1 aliphatic carbocycles. The first-order valence-corrected chi connectivity index (χ1v) is 8.73. The highest BCUT2D eigenvalue weighted by atomic mass is 35.5. The Morgan fingerprint density at radius 1 is 1.15 bits per heavy atom. The van der Waals surface area contributed by atoms with Crippen LogP contribution in [0.15, 0.2) is 30.4 Å². The van der Waals surface area contributed by atoms with E-state index >= 15 is 0 Å². The lowest BCUT2D eigenvalue weighted by Crippen LogP contribution is -2.48. The summed E-state index contributed by atoms with van der Waals surface area (Å²) in [5.41, 5.74) is 4.57. The molecule has 1 saturated heterocycles. The molecular formula is C18H18ClN3O5. The monoisotopic (exact) mass is 391 g/mol. The van der Waals surface area contributed by atoms with E-state index in [1.807, 2.05) is 12.2 Å². The Morgan fingerprint density at radius 3 is 2.37 bits per heavy atom. The van der Waals surface area contributed by atoms with Crippen molar-refractivity contribution >= 4 is 35.2 Å². The van der Waals surface area contributed by atoms with Crippen molar-refractivity contribution in [3.63, 3.8) is 0 Å². The first kappa shape index (κ1) is 18.9. The molecule has 0 radical (unpaired) electrons. The molecule has 2 atom stereocenters. The van der Waals surface area contributed by atoms with E-state index in [9.17, 15) is 19.2 Å². The Kier molecular flexibility index (Phi) is 5.46. The van der Waals surface area contributed by atoms with Gasteiger partial charge < -0.3 is 4.74 Å². The average Bonchev–Trinajstić information content (AvgIpc) is 2.91. The fourth-order valence-corrected chi connectivity index (χ4v) is 3.43. The Bertz CT molecular complexity index is 812. The first-order chi connectivity index (χ1) is 12.9. The summed E-state index contributed by atoms with van der Waals surface area (Å²) in [5.74, 6) is -2.55. The number of carbonyl (C=O) groups is 4. The van der Waals surface area contributed by atoms with E-state index in [2.05, 4.69) is 10.9 Å². The quantitative estimate of drug-likeness (QED) is 0.453. The number of carbonyl (C=O) groups excluding carboxylic acids is 4. The van der Waals surface area contributed by atoms with Gasteiger partial charge in [0, 0.05) is 5.02 Å². The molecule has 0 spiro atoms. The summed E-state index contributed by atoms with van der Waals surface area (Å²) in [7, 11) is 1.40. The molecule has 1 heterocycles. The fourth-order valence-electron chi connectivity index (χ4n) is 3.26.